The van der Waals surface area contributed by atoms with Crippen LogP contribution in [-0.4, -0.2) is 20.6 Å². The van der Waals surface area contributed by atoms with Crippen LogP contribution in [0.15, 0.2) is 67.0 Å². The Bertz CT molecular complexity index is 873. The second-order valence-electron chi connectivity index (χ2n) is 5.48. The molecule has 0 unspecified atom stereocenters. The molecule has 0 radical (unpaired) electrons. The predicted octanol–water partition coefficient (Wildman–Crippen LogP) is 3.35. The minimum Gasteiger partial charge on any atom is -0.326 e. The summed E-state index contributed by atoms with van der Waals surface area (Å²) in [6.07, 6.45) is 4.50. The molecule has 0 saturated heterocycles. The highest BCUT2D eigenvalue weighted by molar-refractivity contribution is 5.90. The molecule has 1 aromatic heterocycles. The molecule has 0 aliphatic carbocycles. The first kappa shape index (κ1) is 16.4. The van der Waals surface area contributed by atoms with Gasteiger partial charge in [-0.05, 0) is 36.2 Å². The molecule has 2 aromatic carbocycles. The number of nitro benzene ring substituents is 1. The van der Waals surface area contributed by atoms with E-state index in [1.54, 1.807) is 10.9 Å². The van der Waals surface area contributed by atoms with Crippen molar-refractivity contribution in [3.05, 3.63) is 82.7 Å². The summed E-state index contributed by atoms with van der Waals surface area (Å²) >= 11 is 0. The largest absolute Gasteiger partial charge is 0.326 e. The molecule has 25 heavy (non-hydrogen) atoms. The highest BCUT2D eigenvalue weighted by Gasteiger charge is 2.08. The Morgan fingerprint density at radius 1 is 1.12 bits per heavy atom. The molecule has 3 rings (SSSR count). The SMILES string of the molecule is O=C(CCc1cnn(-c2ccccc2)c1)Nc1ccc([N+](=O)[O-])cc1. The Kier molecular flexibility index (Phi) is 4.84. The number of aromatic nitrogens is 2. The molecule has 1 heterocycles. The molecule has 0 fully saturated rings. The van der Waals surface area contributed by atoms with Crippen molar-refractivity contribution in [3.63, 3.8) is 0 Å². The lowest BCUT2D eigenvalue weighted by Gasteiger charge is -2.04. The number of para-hydroxylation sites is 1. The zero-order valence-electron chi connectivity index (χ0n) is 13.3. The maximum absolute atomic E-state index is 12.0. The van der Waals surface area contributed by atoms with Crippen molar-refractivity contribution in [1.82, 2.24) is 9.78 Å². The number of aryl methyl sites for hydroxylation is 1. The van der Waals surface area contributed by atoms with Gasteiger partial charge in [0, 0.05) is 30.4 Å². The van der Waals surface area contributed by atoms with Crippen LogP contribution in [0.25, 0.3) is 5.69 Å². The number of hydrogen-bond donors (Lipinski definition) is 1. The van der Waals surface area contributed by atoms with Gasteiger partial charge in [0.1, 0.15) is 0 Å². The third-order valence-corrected chi connectivity index (χ3v) is 3.66. The molecule has 0 aliphatic heterocycles. The minimum atomic E-state index is -0.476. The Hall–Kier alpha value is -3.48. The summed E-state index contributed by atoms with van der Waals surface area (Å²) in [7, 11) is 0. The second-order valence-corrected chi connectivity index (χ2v) is 5.48. The van der Waals surface area contributed by atoms with E-state index in [1.807, 2.05) is 36.5 Å². The van der Waals surface area contributed by atoms with E-state index in [0.29, 0.717) is 18.5 Å². The zero-order chi connectivity index (χ0) is 17.6. The van der Waals surface area contributed by atoms with Crippen LogP contribution in [0.4, 0.5) is 11.4 Å². The molecule has 0 saturated carbocycles. The maximum atomic E-state index is 12.0. The van der Waals surface area contributed by atoms with Crippen molar-refractivity contribution in [2.75, 3.05) is 5.32 Å². The lowest BCUT2D eigenvalue weighted by atomic mass is 10.2. The zero-order valence-corrected chi connectivity index (χ0v) is 13.3. The lowest BCUT2D eigenvalue weighted by Crippen LogP contribution is -2.12. The van der Waals surface area contributed by atoms with Gasteiger partial charge >= 0.3 is 0 Å². The Balaban J connectivity index is 1.54. The van der Waals surface area contributed by atoms with E-state index in [-0.39, 0.29) is 11.6 Å². The number of carbonyl (C=O) groups excluding carboxylic acids is 1. The molecule has 1 amide bonds. The first-order valence-electron chi connectivity index (χ1n) is 7.75. The number of amides is 1. The number of benzene rings is 2. The summed E-state index contributed by atoms with van der Waals surface area (Å²) in [5.74, 6) is -0.152. The quantitative estimate of drug-likeness (QED) is 0.552. The number of rotatable bonds is 6. The normalized spacial score (nSPS) is 10.4. The van der Waals surface area contributed by atoms with Gasteiger partial charge in [0.25, 0.3) is 5.69 Å². The van der Waals surface area contributed by atoms with E-state index in [2.05, 4.69) is 10.4 Å². The van der Waals surface area contributed by atoms with Crippen LogP contribution >= 0.6 is 0 Å². The number of anilines is 1. The highest BCUT2D eigenvalue weighted by Crippen LogP contribution is 2.16. The van der Waals surface area contributed by atoms with Gasteiger partial charge in [-0.1, -0.05) is 18.2 Å². The lowest BCUT2D eigenvalue weighted by molar-refractivity contribution is -0.384. The molecule has 126 valence electrons. The van der Waals surface area contributed by atoms with Gasteiger partial charge in [0.05, 0.1) is 16.8 Å². The number of non-ortho nitro benzene ring substituents is 1. The molecule has 0 spiro atoms. The van der Waals surface area contributed by atoms with Gasteiger partial charge in [0.15, 0.2) is 0 Å². The first-order chi connectivity index (χ1) is 12.1. The topological polar surface area (TPSA) is 90.1 Å². The van der Waals surface area contributed by atoms with Crippen LogP contribution in [0.2, 0.25) is 0 Å². The van der Waals surface area contributed by atoms with Crippen LogP contribution in [0.3, 0.4) is 0 Å². The summed E-state index contributed by atoms with van der Waals surface area (Å²) in [6.45, 7) is 0. The monoisotopic (exact) mass is 336 g/mol. The molecule has 0 atom stereocenters. The van der Waals surface area contributed by atoms with Crippen molar-refractivity contribution >= 4 is 17.3 Å². The summed E-state index contributed by atoms with van der Waals surface area (Å²) < 4.78 is 1.77. The Morgan fingerprint density at radius 3 is 2.52 bits per heavy atom. The van der Waals surface area contributed by atoms with Crippen molar-refractivity contribution in [3.8, 4) is 5.69 Å². The summed E-state index contributed by atoms with van der Waals surface area (Å²) in [5, 5.41) is 17.6. The summed E-state index contributed by atoms with van der Waals surface area (Å²) in [4.78, 5) is 22.1. The number of nitrogens with one attached hydrogen (secondary N) is 1. The van der Waals surface area contributed by atoms with Crippen LogP contribution in [0.1, 0.15) is 12.0 Å². The Labute approximate surface area is 144 Å². The average Bonchev–Trinajstić information content (AvgIpc) is 3.10. The highest BCUT2D eigenvalue weighted by atomic mass is 16.6. The first-order valence-corrected chi connectivity index (χ1v) is 7.75. The van der Waals surface area contributed by atoms with E-state index < -0.39 is 4.92 Å². The van der Waals surface area contributed by atoms with Crippen molar-refractivity contribution in [1.29, 1.82) is 0 Å². The fourth-order valence-corrected chi connectivity index (χ4v) is 2.36. The standard InChI is InChI=1S/C18H16N4O3/c23-18(20-15-7-9-17(10-8-15)22(24)25)11-6-14-12-19-21(13-14)16-4-2-1-3-5-16/h1-5,7-10,12-13H,6,11H2,(H,20,23). The van der Waals surface area contributed by atoms with Crippen molar-refractivity contribution < 1.29 is 9.72 Å². The molecular weight excluding hydrogens is 320 g/mol. The number of hydrogen-bond acceptors (Lipinski definition) is 4. The van der Waals surface area contributed by atoms with Crippen LogP contribution < -0.4 is 5.32 Å². The van der Waals surface area contributed by atoms with Crippen molar-refractivity contribution in [2.45, 2.75) is 12.8 Å². The average molecular weight is 336 g/mol. The summed E-state index contributed by atoms with van der Waals surface area (Å²) in [5.41, 5.74) is 2.45. The molecule has 0 bridgehead atoms. The smallest absolute Gasteiger partial charge is 0.269 e. The molecular formula is C18H16N4O3. The number of nitrogens with zero attached hydrogens (tertiary/aromatic N) is 3. The minimum absolute atomic E-state index is 0.00803. The van der Waals surface area contributed by atoms with E-state index >= 15 is 0 Å². The maximum Gasteiger partial charge on any atom is 0.269 e. The molecule has 1 N–H and O–H groups in total. The van der Waals surface area contributed by atoms with E-state index in [4.69, 9.17) is 0 Å². The molecule has 0 aliphatic rings. The van der Waals surface area contributed by atoms with E-state index in [9.17, 15) is 14.9 Å². The van der Waals surface area contributed by atoms with Gasteiger partial charge < -0.3 is 5.32 Å². The second kappa shape index (κ2) is 7.39. The summed E-state index contributed by atoms with van der Waals surface area (Å²) in [6, 6.07) is 15.5. The fourth-order valence-electron chi connectivity index (χ4n) is 2.36. The van der Waals surface area contributed by atoms with Crippen LogP contribution in [0.5, 0.6) is 0 Å². The third kappa shape index (κ3) is 4.29. The van der Waals surface area contributed by atoms with Gasteiger partial charge in [-0.3, -0.25) is 14.9 Å². The van der Waals surface area contributed by atoms with Crippen LogP contribution in [-0.2, 0) is 11.2 Å². The number of carbonyl (C=O) groups is 1. The van der Waals surface area contributed by atoms with Gasteiger partial charge in [-0.25, -0.2) is 4.68 Å². The van der Waals surface area contributed by atoms with Crippen LogP contribution in [0, 0.1) is 10.1 Å². The van der Waals surface area contributed by atoms with E-state index in [0.717, 1.165) is 11.3 Å². The fraction of sp³-hybridized carbons (Fsp3) is 0.111. The predicted molar refractivity (Wildman–Crippen MR) is 93.6 cm³/mol. The number of nitro groups is 1. The molecule has 3 aromatic rings. The Morgan fingerprint density at radius 2 is 1.84 bits per heavy atom. The van der Waals surface area contributed by atoms with E-state index in [1.165, 1.54) is 24.3 Å². The molecule has 7 heteroatoms. The van der Waals surface area contributed by atoms with Gasteiger partial charge in [0.2, 0.25) is 5.91 Å². The van der Waals surface area contributed by atoms with Gasteiger partial charge in [-0.15, -0.1) is 0 Å². The third-order valence-electron chi connectivity index (χ3n) is 3.66. The van der Waals surface area contributed by atoms with Crippen molar-refractivity contribution in [2.24, 2.45) is 0 Å². The van der Waals surface area contributed by atoms with Gasteiger partial charge in [-0.2, -0.15) is 5.10 Å². The molecule has 7 nitrogen and oxygen atoms in total.